The van der Waals surface area contributed by atoms with Crippen LogP contribution in [-0.4, -0.2) is 10.2 Å². The first-order valence-electron chi connectivity index (χ1n) is 3.84. The summed E-state index contributed by atoms with van der Waals surface area (Å²) < 4.78 is 5.07. The minimum absolute atomic E-state index is 0.178. The van der Waals surface area contributed by atoms with Crippen molar-refractivity contribution < 1.29 is 14.9 Å². The van der Waals surface area contributed by atoms with E-state index in [9.17, 15) is 10.2 Å². The van der Waals surface area contributed by atoms with Crippen LogP contribution in [0.4, 0.5) is 0 Å². The Bertz CT molecular complexity index is 367. The van der Waals surface area contributed by atoms with Crippen molar-refractivity contribution in [3.05, 3.63) is 59.5 Å². The first-order valence-corrected chi connectivity index (χ1v) is 3.84. The van der Waals surface area contributed by atoms with Crippen molar-refractivity contribution in [1.82, 2.24) is 0 Å². The zero-order valence-electron chi connectivity index (χ0n) is 6.77. The third kappa shape index (κ3) is 1.24. The van der Waals surface area contributed by atoms with Gasteiger partial charge in [-0.05, 0) is 0 Å². The van der Waals surface area contributed by atoms with Gasteiger partial charge in [0.25, 0.3) is 0 Å². The largest absolute Gasteiger partial charge is 0.504 e. The molecular weight excluding hydrogens is 168 g/mol. The average molecular weight is 176 g/mol. The second-order valence-corrected chi connectivity index (χ2v) is 2.66. The number of aliphatic hydroxyl groups is 2. The van der Waals surface area contributed by atoms with E-state index < -0.39 is 0 Å². The van der Waals surface area contributed by atoms with E-state index in [1.807, 2.05) is 12.2 Å². The van der Waals surface area contributed by atoms with Crippen LogP contribution in [0.15, 0.2) is 59.5 Å². The summed E-state index contributed by atoms with van der Waals surface area (Å²) in [5.74, 6) is -0.124. The van der Waals surface area contributed by atoms with Crippen molar-refractivity contribution in [2.45, 2.75) is 0 Å². The summed E-state index contributed by atoms with van der Waals surface area (Å²) in [6.07, 6.45) is 9.86. The third-order valence-corrected chi connectivity index (χ3v) is 1.79. The van der Waals surface area contributed by atoms with Crippen molar-refractivity contribution in [2.75, 3.05) is 0 Å². The number of hydrogen-bond donors (Lipinski definition) is 2. The molecule has 0 fully saturated rings. The smallest absolute Gasteiger partial charge is 0.201 e. The lowest BCUT2D eigenvalue weighted by Crippen LogP contribution is -2.02. The van der Waals surface area contributed by atoms with Gasteiger partial charge in [0.2, 0.25) is 5.76 Å². The number of ether oxygens (including phenoxy) is 1. The molecular formula is C10H8O3. The molecule has 0 aromatic heterocycles. The molecule has 0 amide bonds. The zero-order valence-corrected chi connectivity index (χ0v) is 6.77. The second kappa shape index (κ2) is 2.86. The Morgan fingerprint density at radius 2 is 1.69 bits per heavy atom. The molecule has 0 aromatic carbocycles. The van der Waals surface area contributed by atoms with E-state index in [0.29, 0.717) is 0 Å². The Kier molecular flexibility index (Phi) is 1.70. The Hall–Kier alpha value is -1.90. The summed E-state index contributed by atoms with van der Waals surface area (Å²) in [5, 5.41) is 18.6. The zero-order chi connectivity index (χ0) is 9.26. The van der Waals surface area contributed by atoms with E-state index in [0.717, 1.165) is 5.57 Å². The molecule has 0 spiro atoms. The molecule has 1 aliphatic carbocycles. The molecule has 2 N–H and O–H groups in total. The van der Waals surface area contributed by atoms with Gasteiger partial charge in [-0.2, -0.15) is 0 Å². The molecule has 0 atom stereocenters. The summed E-state index contributed by atoms with van der Waals surface area (Å²) in [6, 6.07) is 0. The quantitative estimate of drug-likeness (QED) is 0.595. The van der Waals surface area contributed by atoms with Crippen LogP contribution in [0.25, 0.3) is 0 Å². The van der Waals surface area contributed by atoms with Crippen molar-refractivity contribution >= 4 is 0 Å². The van der Waals surface area contributed by atoms with Crippen LogP contribution in [0, 0.1) is 0 Å². The maximum atomic E-state index is 9.43. The standard InChI is InChI=1S/C10H8O3/c11-8-5-6-13-10(9(8)12)7-3-1-2-4-7/h1-6,11-12H. The lowest BCUT2D eigenvalue weighted by atomic mass is 10.2. The van der Waals surface area contributed by atoms with E-state index in [-0.39, 0.29) is 17.3 Å². The van der Waals surface area contributed by atoms with Gasteiger partial charge in [-0.3, -0.25) is 0 Å². The SMILES string of the molecule is OC1=C(O)C(=C2C=CC=C2)OC=C1. The monoisotopic (exact) mass is 176 g/mol. The van der Waals surface area contributed by atoms with Crippen molar-refractivity contribution in [1.29, 1.82) is 0 Å². The molecule has 2 rings (SSSR count). The normalized spacial score (nSPS) is 20.0. The molecule has 0 aromatic rings. The fourth-order valence-electron chi connectivity index (χ4n) is 1.15. The van der Waals surface area contributed by atoms with Crippen LogP contribution in [0.1, 0.15) is 0 Å². The van der Waals surface area contributed by atoms with Crippen LogP contribution in [0.2, 0.25) is 0 Å². The van der Waals surface area contributed by atoms with Gasteiger partial charge < -0.3 is 14.9 Å². The molecule has 0 bridgehead atoms. The highest BCUT2D eigenvalue weighted by molar-refractivity contribution is 5.48. The predicted octanol–water partition coefficient (Wildman–Crippen LogP) is 2.24. The van der Waals surface area contributed by atoms with Crippen LogP contribution in [0.3, 0.4) is 0 Å². The highest BCUT2D eigenvalue weighted by atomic mass is 16.5. The summed E-state index contributed by atoms with van der Waals surface area (Å²) in [4.78, 5) is 0. The molecule has 1 heterocycles. The van der Waals surface area contributed by atoms with Crippen molar-refractivity contribution in [2.24, 2.45) is 0 Å². The van der Waals surface area contributed by atoms with Gasteiger partial charge in [0, 0.05) is 11.6 Å². The van der Waals surface area contributed by atoms with Gasteiger partial charge in [-0.1, -0.05) is 24.3 Å². The van der Waals surface area contributed by atoms with Gasteiger partial charge in [0.1, 0.15) is 0 Å². The maximum Gasteiger partial charge on any atom is 0.201 e. The second-order valence-electron chi connectivity index (χ2n) is 2.66. The maximum absolute atomic E-state index is 9.43. The minimum atomic E-state index is -0.228. The van der Waals surface area contributed by atoms with Crippen molar-refractivity contribution in [3.8, 4) is 0 Å². The Morgan fingerprint density at radius 1 is 1.00 bits per heavy atom. The fraction of sp³-hybridized carbons (Fsp3) is 0. The third-order valence-electron chi connectivity index (χ3n) is 1.79. The molecule has 2 aliphatic rings. The minimum Gasteiger partial charge on any atom is -0.504 e. The highest BCUT2D eigenvalue weighted by Gasteiger charge is 2.17. The van der Waals surface area contributed by atoms with E-state index in [4.69, 9.17) is 4.74 Å². The van der Waals surface area contributed by atoms with E-state index >= 15 is 0 Å². The number of rotatable bonds is 0. The lowest BCUT2D eigenvalue weighted by Gasteiger charge is -2.12. The van der Waals surface area contributed by atoms with Crippen LogP contribution < -0.4 is 0 Å². The first kappa shape index (κ1) is 7.73. The van der Waals surface area contributed by atoms with Gasteiger partial charge in [-0.25, -0.2) is 0 Å². The molecule has 3 nitrogen and oxygen atoms in total. The average Bonchev–Trinajstić information content (AvgIpc) is 2.62. The molecule has 0 saturated carbocycles. The number of hydrogen-bond acceptors (Lipinski definition) is 3. The molecule has 0 saturated heterocycles. The number of allylic oxidation sites excluding steroid dienone is 6. The van der Waals surface area contributed by atoms with E-state index in [2.05, 4.69) is 0 Å². The van der Waals surface area contributed by atoms with E-state index in [1.165, 1.54) is 12.3 Å². The van der Waals surface area contributed by atoms with Gasteiger partial charge in [0.05, 0.1) is 6.26 Å². The van der Waals surface area contributed by atoms with E-state index in [1.54, 1.807) is 12.2 Å². The highest BCUT2D eigenvalue weighted by Crippen LogP contribution is 2.25. The molecule has 0 unspecified atom stereocenters. The fourth-order valence-corrected chi connectivity index (χ4v) is 1.15. The molecule has 0 radical (unpaired) electrons. The topological polar surface area (TPSA) is 49.7 Å². The lowest BCUT2D eigenvalue weighted by molar-refractivity contribution is 0.254. The molecule has 1 aliphatic heterocycles. The van der Waals surface area contributed by atoms with Gasteiger partial charge >= 0.3 is 0 Å². The molecule has 66 valence electrons. The molecule has 3 heteroatoms. The first-order chi connectivity index (χ1) is 6.29. The van der Waals surface area contributed by atoms with Crippen molar-refractivity contribution in [3.63, 3.8) is 0 Å². The Balaban J connectivity index is 2.48. The van der Waals surface area contributed by atoms with Gasteiger partial charge in [-0.15, -0.1) is 0 Å². The van der Waals surface area contributed by atoms with Crippen LogP contribution >= 0.6 is 0 Å². The Morgan fingerprint density at radius 3 is 2.38 bits per heavy atom. The summed E-state index contributed by atoms with van der Waals surface area (Å²) in [5.41, 5.74) is 0.744. The Labute approximate surface area is 75.3 Å². The van der Waals surface area contributed by atoms with Crippen LogP contribution in [-0.2, 0) is 4.74 Å². The predicted molar refractivity (Wildman–Crippen MR) is 47.8 cm³/mol. The van der Waals surface area contributed by atoms with Crippen LogP contribution in [0.5, 0.6) is 0 Å². The summed E-state index contributed by atoms with van der Waals surface area (Å²) >= 11 is 0. The number of aliphatic hydroxyl groups excluding tert-OH is 2. The summed E-state index contributed by atoms with van der Waals surface area (Å²) in [7, 11) is 0. The summed E-state index contributed by atoms with van der Waals surface area (Å²) in [6.45, 7) is 0. The van der Waals surface area contributed by atoms with Gasteiger partial charge in [0.15, 0.2) is 11.5 Å². The molecule has 13 heavy (non-hydrogen) atoms.